The van der Waals surface area contributed by atoms with Crippen LogP contribution in [0.5, 0.6) is 0 Å². The van der Waals surface area contributed by atoms with Crippen LogP contribution in [0.3, 0.4) is 0 Å². The van der Waals surface area contributed by atoms with Crippen molar-refractivity contribution in [1.29, 1.82) is 0 Å². The minimum Gasteiger partial charge on any atom is -0.393 e. The molecule has 0 saturated carbocycles. The zero-order chi connectivity index (χ0) is 13.9. The molecular formula is C14H21F2NO. The molecule has 0 aromatic heterocycles. The summed E-state index contributed by atoms with van der Waals surface area (Å²) in [5.74, 6) is -0.804. The summed E-state index contributed by atoms with van der Waals surface area (Å²) in [5.41, 5.74) is 0.621. The highest BCUT2D eigenvalue weighted by atomic mass is 19.1. The second kappa shape index (κ2) is 6.25. The molecule has 4 heteroatoms. The highest BCUT2D eigenvalue weighted by molar-refractivity contribution is 5.27. The van der Waals surface area contributed by atoms with E-state index >= 15 is 0 Å². The Morgan fingerprint density at radius 1 is 1.17 bits per heavy atom. The SMILES string of the molecule is Cc1cc(F)c(C(C)NC(C)CC(C)O)cc1F. The molecule has 2 nitrogen and oxygen atoms in total. The summed E-state index contributed by atoms with van der Waals surface area (Å²) < 4.78 is 27.2. The quantitative estimate of drug-likeness (QED) is 0.849. The largest absolute Gasteiger partial charge is 0.393 e. The van der Waals surface area contributed by atoms with Crippen LogP contribution in [-0.4, -0.2) is 17.3 Å². The number of aliphatic hydroxyl groups is 1. The van der Waals surface area contributed by atoms with E-state index in [1.54, 1.807) is 13.8 Å². The smallest absolute Gasteiger partial charge is 0.128 e. The molecule has 0 saturated heterocycles. The number of hydrogen-bond acceptors (Lipinski definition) is 2. The average molecular weight is 257 g/mol. The van der Waals surface area contributed by atoms with Gasteiger partial charge in [-0.2, -0.15) is 0 Å². The molecule has 3 unspecified atom stereocenters. The predicted molar refractivity (Wildman–Crippen MR) is 68.4 cm³/mol. The van der Waals surface area contributed by atoms with E-state index in [4.69, 9.17) is 0 Å². The van der Waals surface area contributed by atoms with Crippen LogP contribution in [0.4, 0.5) is 8.78 Å². The maximum atomic E-state index is 13.7. The standard InChI is InChI=1S/C14H21F2NO/c1-8-5-14(16)12(7-13(8)15)11(4)17-9(2)6-10(3)18/h5,7,9-11,17-18H,6H2,1-4H3. The van der Waals surface area contributed by atoms with Crippen molar-refractivity contribution >= 4 is 0 Å². The summed E-state index contributed by atoms with van der Waals surface area (Å²) in [6.45, 7) is 6.93. The van der Waals surface area contributed by atoms with Gasteiger partial charge in [-0.15, -0.1) is 0 Å². The van der Waals surface area contributed by atoms with Crippen molar-refractivity contribution in [3.8, 4) is 0 Å². The minimum absolute atomic E-state index is 0.0313. The van der Waals surface area contributed by atoms with Gasteiger partial charge in [-0.05, 0) is 51.8 Å². The lowest BCUT2D eigenvalue weighted by molar-refractivity contribution is 0.168. The Bertz CT molecular complexity index is 407. The third kappa shape index (κ3) is 4.03. The summed E-state index contributed by atoms with van der Waals surface area (Å²) in [5, 5.41) is 12.4. The molecule has 1 aromatic carbocycles. The number of halogens is 2. The predicted octanol–water partition coefficient (Wildman–Crippen LogP) is 3.08. The Balaban J connectivity index is 2.78. The zero-order valence-corrected chi connectivity index (χ0v) is 11.3. The van der Waals surface area contributed by atoms with Crippen molar-refractivity contribution in [2.24, 2.45) is 0 Å². The van der Waals surface area contributed by atoms with Gasteiger partial charge in [0.1, 0.15) is 11.6 Å². The van der Waals surface area contributed by atoms with E-state index in [0.717, 1.165) is 0 Å². The van der Waals surface area contributed by atoms with E-state index in [2.05, 4.69) is 5.32 Å². The van der Waals surface area contributed by atoms with Crippen LogP contribution in [0.2, 0.25) is 0 Å². The van der Waals surface area contributed by atoms with E-state index in [9.17, 15) is 13.9 Å². The summed E-state index contributed by atoms with van der Waals surface area (Å²) in [7, 11) is 0. The molecule has 0 spiro atoms. The number of hydrogen-bond donors (Lipinski definition) is 2. The third-order valence-corrected chi connectivity index (χ3v) is 2.97. The first-order valence-corrected chi connectivity index (χ1v) is 6.21. The van der Waals surface area contributed by atoms with E-state index < -0.39 is 17.7 Å². The molecule has 0 aliphatic heterocycles. The number of aryl methyl sites for hydroxylation is 1. The van der Waals surface area contributed by atoms with Crippen LogP contribution < -0.4 is 5.32 Å². The molecule has 0 amide bonds. The zero-order valence-electron chi connectivity index (χ0n) is 11.3. The van der Waals surface area contributed by atoms with E-state index in [-0.39, 0.29) is 12.1 Å². The molecule has 0 fully saturated rings. The maximum absolute atomic E-state index is 13.7. The summed E-state index contributed by atoms with van der Waals surface area (Å²) >= 11 is 0. The Hall–Kier alpha value is -1.00. The highest BCUT2D eigenvalue weighted by Crippen LogP contribution is 2.21. The van der Waals surface area contributed by atoms with Gasteiger partial charge in [0.15, 0.2) is 0 Å². The second-order valence-corrected chi connectivity index (χ2v) is 5.00. The molecule has 1 rings (SSSR count). The van der Waals surface area contributed by atoms with Gasteiger partial charge in [-0.1, -0.05) is 0 Å². The second-order valence-electron chi connectivity index (χ2n) is 5.00. The molecule has 2 N–H and O–H groups in total. The van der Waals surface area contributed by atoms with Gasteiger partial charge in [0.25, 0.3) is 0 Å². The van der Waals surface area contributed by atoms with Gasteiger partial charge in [0, 0.05) is 17.6 Å². The van der Waals surface area contributed by atoms with Crippen LogP contribution in [0, 0.1) is 18.6 Å². The Morgan fingerprint density at radius 2 is 1.78 bits per heavy atom. The minimum atomic E-state index is -0.417. The van der Waals surface area contributed by atoms with Crippen molar-refractivity contribution in [3.63, 3.8) is 0 Å². The summed E-state index contributed by atoms with van der Waals surface area (Å²) in [6.07, 6.45) is 0.152. The molecule has 3 atom stereocenters. The number of nitrogens with one attached hydrogen (secondary N) is 1. The molecular weight excluding hydrogens is 236 g/mol. The Labute approximate surface area is 107 Å². The number of aliphatic hydroxyl groups excluding tert-OH is 1. The van der Waals surface area contributed by atoms with Gasteiger partial charge in [-0.25, -0.2) is 8.78 Å². The normalized spacial score (nSPS) is 16.4. The number of rotatable bonds is 5. The molecule has 0 aliphatic rings. The fraction of sp³-hybridized carbons (Fsp3) is 0.571. The monoisotopic (exact) mass is 257 g/mol. The van der Waals surface area contributed by atoms with Crippen molar-refractivity contribution in [2.75, 3.05) is 0 Å². The Morgan fingerprint density at radius 3 is 2.33 bits per heavy atom. The van der Waals surface area contributed by atoms with Crippen LogP contribution in [0.25, 0.3) is 0 Å². The topological polar surface area (TPSA) is 32.3 Å². The maximum Gasteiger partial charge on any atom is 0.128 e. The van der Waals surface area contributed by atoms with Crippen molar-refractivity contribution in [3.05, 3.63) is 34.9 Å². The first-order valence-electron chi connectivity index (χ1n) is 6.21. The van der Waals surface area contributed by atoms with Crippen molar-refractivity contribution < 1.29 is 13.9 Å². The fourth-order valence-corrected chi connectivity index (χ4v) is 2.09. The molecule has 1 aromatic rings. The lowest BCUT2D eigenvalue weighted by Crippen LogP contribution is -2.32. The van der Waals surface area contributed by atoms with Crippen LogP contribution in [0.15, 0.2) is 12.1 Å². The lowest BCUT2D eigenvalue weighted by Gasteiger charge is -2.22. The molecule has 0 radical (unpaired) electrons. The summed E-state index contributed by atoms with van der Waals surface area (Å²) in [6, 6.07) is 2.18. The van der Waals surface area contributed by atoms with Gasteiger partial charge >= 0.3 is 0 Å². The van der Waals surface area contributed by atoms with E-state index in [0.29, 0.717) is 17.5 Å². The van der Waals surface area contributed by atoms with Gasteiger partial charge in [-0.3, -0.25) is 0 Å². The van der Waals surface area contributed by atoms with Crippen molar-refractivity contribution in [2.45, 2.75) is 52.3 Å². The van der Waals surface area contributed by atoms with Crippen molar-refractivity contribution in [1.82, 2.24) is 5.32 Å². The highest BCUT2D eigenvalue weighted by Gasteiger charge is 2.16. The molecule has 18 heavy (non-hydrogen) atoms. The van der Waals surface area contributed by atoms with Crippen LogP contribution in [-0.2, 0) is 0 Å². The third-order valence-electron chi connectivity index (χ3n) is 2.97. The first-order chi connectivity index (χ1) is 8.31. The average Bonchev–Trinajstić information content (AvgIpc) is 2.21. The number of benzene rings is 1. The summed E-state index contributed by atoms with van der Waals surface area (Å²) in [4.78, 5) is 0. The van der Waals surface area contributed by atoms with Gasteiger partial charge in [0.2, 0.25) is 0 Å². The molecule has 102 valence electrons. The lowest BCUT2D eigenvalue weighted by atomic mass is 10.0. The first kappa shape index (κ1) is 15.1. The van der Waals surface area contributed by atoms with Crippen LogP contribution >= 0.6 is 0 Å². The van der Waals surface area contributed by atoms with Gasteiger partial charge in [0.05, 0.1) is 6.10 Å². The van der Waals surface area contributed by atoms with Crippen LogP contribution in [0.1, 0.15) is 44.4 Å². The van der Waals surface area contributed by atoms with E-state index in [1.807, 2.05) is 6.92 Å². The molecule has 0 aliphatic carbocycles. The molecule has 0 heterocycles. The Kier molecular flexibility index (Phi) is 5.23. The fourth-order valence-electron chi connectivity index (χ4n) is 2.09. The molecule has 0 bridgehead atoms. The van der Waals surface area contributed by atoms with Gasteiger partial charge < -0.3 is 10.4 Å². The van der Waals surface area contributed by atoms with E-state index in [1.165, 1.54) is 19.1 Å².